The maximum Gasteiger partial charge on any atom is 0.256 e. The molecule has 0 aliphatic carbocycles. The fourth-order valence-electron chi connectivity index (χ4n) is 1.45. The standard InChI is InChI=1S/C12H8FIN2O3/c13-7-1-2-9(8(14)5-7)15-12(19)6-3-10(17)16-11(18)4-6/h1-5H,(H,15,19)(H2,16,17,18). The molecule has 0 saturated carbocycles. The number of aromatic amines is 1. The van der Waals surface area contributed by atoms with E-state index < -0.39 is 23.2 Å². The van der Waals surface area contributed by atoms with Crippen molar-refractivity contribution in [3.63, 3.8) is 0 Å². The van der Waals surface area contributed by atoms with Gasteiger partial charge in [-0.2, -0.15) is 0 Å². The molecule has 98 valence electrons. The maximum atomic E-state index is 12.9. The lowest BCUT2D eigenvalue weighted by Crippen LogP contribution is -2.16. The summed E-state index contributed by atoms with van der Waals surface area (Å²) in [7, 11) is 0. The zero-order chi connectivity index (χ0) is 14.0. The fourth-order valence-corrected chi connectivity index (χ4v) is 2.06. The predicted octanol–water partition coefficient (Wildman–Crippen LogP) is 2.08. The number of anilines is 1. The van der Waals surface area contributed by atoms with Crippen LogP contribution in [0.3, 0.4) is 0 Å². The van der Waals surface area contributed by atoms with Gasteiger partial charge in [0, 0.05) is 15.7 Å². The Hall–Kier alpha value is -1.90. The molecular formula is C12H8FIN2O3. The number of rotatable bonds is 2. The molecule has 1 heterocycles. The maximum absolute atomic E-state index is 12.9. The smallest absolute Gasteiger partial charge is 0.256 e. The summed E-state index contributed by atoms with van der Waals surface area (Å²) >= 11 is 1.88. The van der Waals surface area contributed by atoms with Crippen molar-refractivity contribution < 1.29 is 14.3 Å². The van der Waals surface area contributed by atoms with Crippen LogP contribution < -0.4 is 10.9 Å². The zero-order valence-electron chi connectivity index (χ0n) is 9.41. The number of carbonyl (C=O) groups is 1. The number of hydrogen-bond donors (Lipinski definition) is 3. The van der Waals surface area contributed by atoms with Crippen LogP contribution in [0.4, 0.5) is 10.1 Å². The lowest BCUT2D eigenvalue weighted by Gasteiger charge is -2.07. The number of pyridine rings is 1. The van der Waals surface area contributed by atoms with E-state index in [1.165, 1.54) is 18.2 Å². The largest absolute Gasteiger partial charge is 0.494 e. The van der Waals surface area contributed by atoms with Crippen LogP contribution in [0, 0.1) is 9.39 Å². The van der Waals surface area contributed by atoms with E-state index in [0.29, 0.717) is 9.26 Å². The van der Waals surface area contributed by atoms with Gasteiger partial charge in [0.2, 0.25) is 0 Å². The van der Waals surface area contributed by atoms with Gasteiger partial charge in [0.05, 0.1) is 11.3 Å². The summed E-state index contributed by atoms with van der Waals surface area (Å²) in [6.45, 7) is 0. The minimum atomic E-state index is -0.584. The highest BCUT2D eigenvalue weighted by Gasteiger charge is 2.10. The molecule has 19 heavy (non-hydrogen) atoms. The van der Waals surface area contributed by atoms with Crippen molar-refractivity contribution >= 4 is 34.2 Å². The third-order valence-corrected chi connectivity index (χ3v) is 3.16. The molecule has 0 unspecified atom stereocenters. The Balaban J connectivity index is 2.28. The SMILES string of the molecule is O=C(Nc1ccc(F)cc1I)c1cc(O)[nH]c(=O)c1. The molecule has 0 fully saturated rings. The van der Waals surface area contributed by atoms with E-state index >= 15 is 0 Å². The van der Waals surface area contributed by atoms with Gasteiger partial charge in [0.25, 0.3) is 11.5 Å². The van der Waals surface area contributed by atoms with Gasteiger partial charge in [-0.1, -0.05) is 0 Å². The zero-order valence-corrected chi connectivity index (χ0v) is 11.6. The molecule has 2 aromatic rings. The average Bonchev–Trinajstić information content (AvgIpc) is 2.31. The number of amides is 1. The van der Waals surface area contributed by atoms with Gasteiger partial charge >= 0.3 is 0 Å². The monoisotopic (exact) mass is 374 g/mol. The molecule has 1 amide bonds. The van der Waals surface area contributed by atoms with Gasteiger partial charge in [0.1, 0.15) is 5.82 Å². The quantitative estimate of drug-likeness (QED) is 0.704. The van der Waals surface area contributed by atoms with Crippen LogP contribution in [0.15, 0.2) is 35.1 Å². The van der Waals surface area contributed by atoms with Crippen molar-refractivity contribution in [1.29, 1.82) is 0 Å². The Morgan fingerprint density at radius 3 is 2.68 bits per heavy atom. The molecule has 5 nitrogen and oxygen atoms in total. The molecule has 0 bridgehead atoms. The summed E-state index contributed by atoms with van der Waals surface area (Å²) in [5.41, 5.74) is -0.146. The summed E-state index contributed by atoms with van der Waals surface area (Å²) in [5.74, 6) is -1.37. The predicted molar refractivity (Wildman–Crippen MR) is 75.8 cm³/mol. The molecule has 0 radical (unpaired) electrons. The third kappa shape index (κ3) is 3.31. The van der Waals surface area contributed by atoms with Gasteiger partial charge in [0.15, 0.2) is 5.88 Å². The van der Waals surface area contributed by atoms with Crippen molar-refractivity contribution in [3.8, 4) is 5.88 Å². The van der Waals surface area contributed by atoms with Gasteiger partial charge in [-0.05, 0) is 40.8 Å². The molecule has 0 atom stereocenters. The summed E-state index contributed by atoms with van der Waals surface area (Å²) in [5, 5.41) is 11.7. The summed E-state index contributed by atoms with van der Waals surface area (Å²) < 4.78 is 13.4. The third-order valence-electron chi connectivity index (χ3n) is 2.27. The lowest BCUT2D eigenvalue weighted by atomic mass is 10.2. The second-order valence-corrected chi connectivity index (χ2v) is 4.86. The van der Waals surface area contributed by atoms with Crippen LogP contribution in [0.1, 0.15) is 10.4 Å². The van der Waals surface area contributed by atoms with Crippen LogP contribution in [-0.4, -0.2) is 16.0 Å². The topological polar surface area (TPSA) is 82.2 Å². The normalized spacial score (nSPS) is 10.2. The van der Waals surface area contributed by atoms with Crippen molar-refractivity contribution in [2.24, 2.45) is 0 Å². The fraction of sp³-hybridized carbons (Fsp3) is 0. The Morgan fingerprint density at radius 2 is 2.05 bits per heavy atom. The van der Waals surface area contributed by atoms with E-state index in [9.17, 15) is 19.1 Å². The molecule has 0 aliphatic heterocycles. The number of halogens is 2. The number of nitrogens with one attached hydrogen (secondary N) is 2. The second kappa shape index (κ2) is 5.39. The first-order valence-corrected chi connectivity index (χ1v) is 6.23. The Bertz CT molecular complexity index is 700. The second-order valence-electron chi connectivity index (χ2n) is 3.70. The highest BCUT2D eigenvalue weighted by atomic mass is 127. The highest BCUT2D eigenvalue weighted by Crippen LogP contribution is 2.20. The van der Waals surface area contributed by atoms with Crippen molar-refractivity contribution in [3.05, 3.63) is 55.6 Å². The van der Waals surface area contributed by atoms with E-state index in [1.54, 1.807) is 0 Å². The van der Waals surface area contributed by atoms with Crippen LogP contribution >= 0.6 is 22.6 Å². The van der Waals surface area contributed by atoms with Crippen LogP contribution in [0.5, 0.6) is 5.88 Å². The molecule has 0 aliphatic rings. The first kappa shape index (κ1) is 13.5. The minimum absolute atomic E-state index is 0.0152. The molecular weight excluding hydrogens is 366 g/mol. The number of aromatic hydroxyl groups is 1. The van der Waals surface area contributed by atoms with Crippen molar-refractivity contribution in [2.45, 2.75) is 0 Å². The van der Waals surface area contributed by atoms with Gasteiger partial charge in [-0.15, -0.1) is 0 Å². The summed E-state index contributed by atoms with van der Waals surface area (Å²) in [6, 6.07) is 6.10. The number of benzene rings is 1. The number of H-pyrrole nitrogens is 1. The van der Waals surface area contributed by atoms with E-state index in [0.717, 1.165) is 12.1 Å². The molecule has 3 N–H and O–H groups in total. The van der Waals surface area contributed by atoms with E-state index in [-0.39, 0.29) is 5.56 Å². The van der Waals surface area contributed by atoms with E-state index in [4.69, 9.17) is 0 Å². The number of aromatic nitrogens is 1. The summed E-state index contributed by atoms with van der Waals surface area (Å²) in [6.07, 6.45) is 0. The van der Waals surface area contributed by atoms with Crippen LogP contribution in [0.25, 0.3) is 0 Å². The lowest BCUT2D eigenvalue weighted by molar-refractivity contribution is 0.102. The Labute approximate surface area is 120 Å². The molecule has 7 heteroatoms. The summed E-state index contributed by atoms with van der Waals surface area (Å²) in [4.78, 5) is 25.1. The van der Waals surface area contributed by atoms with Crippen LogP contribution in [0.2, 0.25) is 0 Å². The Morgan fingerprint density at radius 1 is 1.32 bits per heavy atom. The average molecular weight is 374 g/mol. The van der Waals surface area contributed by atoms with Crippen molar-refractivity contribution in [2.75, 3.05) is 5.32 Å². The molecule has 0 spiro atoms. The molecule has 1 aromatic heterocycles. The van der Waals surface area contributed by atoms with Crippen molar-refractivity contribution in [1.82, 2.24) is 4.98 Å². The minimum Gasteiger partial charge on any atom is -0.494 e. The molecule has 0 saturated heterocycles. The van der Waals surface area contributed by atoms with Gasteiger partial charge < -0.3 is 10.4 Å². The first-order chi connectivity index (χ1) is 8.95. The number of hydrogen-bond acceptors (Lipinski definition) is 3. The highest BCUT2D eigenvalue weighted by molar-refractivity contribution is 14.1. The van der Waals surface area contributed by atoms with Gasteiger partial charge in [-0.25, -0.2) is 4.39 Å². The van der Waals surface area contributed by atoms with E-state index in [1.807, 2.05) is 22.6 Å². The molecule has 2 rings (SSSR count). The Kier molecular flexibility index (Phi) is 3.84. The van der Waals surface area contributed by atoms with Crippen LogP contribution in [-0.2, 0) is 0 Å². The molecule has 1 aromatic carbocycles. The number of carbonyl (C=O) groups excluding carboxylic acids is 1. The van der Waals surface area contributed by atoms with Gasteiger partial charge in [-0.3, -0.25) is 14.6 Å². The first-order valence-electron chi connectivity index (χ1n) is 5.15. The van der Waals surface area contributed by atoms with E-state index in [2.05, 4.69) is 10.3 Å².